The number of aryl methyl sites for hydroxylation is 1. The number of Topliss-reactive ketones (excluding diaryl/α,β-unsaturated/α-hetero) is 1. The average Bonchev–Trinajstić information content (AvgIpc) is 3.19. The van der Waals surface area contributed by atoms with Crippen LogP contribution in [0.25, 0.3) is 0 Å². The van der Waals surface area contributed by atoms with E-state index in [1.54, 1.807) is 18.3 Å². The lowest BCUT2D eigenvalue weighted by molar-refractivity contribution is -0.138. The zero-order valence-electron chi connectivity index (χ0n) is 19.4. The summed E-state index contributed by atoms with van der Waals surface area (Å²) in [6.45, 7) is 1.46. The molecule has 1 N–H and O–H groups in total. The SMILES string of the molecule is Cc1cc(C2=NOC(C)(c3cc(C(F)(F)F)cc(Cl)c3F)C2)ccc1C(=O)CCC(=O)NCC(F)(F)F. The van der Waals surface area contributed by atoms with E-state index in [1.165, 1.54) is 19.1 Å². The predicted octanol–water partition coefficient (Wildman–Crippen LogP) is 6.49. The number of hydrogen-bond donors (Lipinski definition) is 1. The van der Waals surface area contributed by atoms with Gasteiger partial charge in [0.25, 0.3) is 0 Å². The molecule has 1 aliphatic heterocycles. The Balaban J connectivity index is 1.72. The average molecular weight is 553 g/mol. The molecule has 0 fully saturated rings. The molecule has 1 heterocycles. The highest BCUT2D eigenvalue weighted by Crippen LogP contribution is 2.42. The Hall–Kier alpha value is -3.15. The van der Waals surface area contributed by atoms with Crippen LogP contribution in [0, 0.1) is 12.7 Å². The van der Waals surface area contributed by atoms with Crippen LogP contribution in [0.3, 0.4) is 0 Å². The third-order valence-corrected chi connectivity index (χ3v) is 5.99. The minimum Gasteiger partial charge on any atom is -0.384 e. The maximum absolute atomic E-state index is 14.7. The first kappa shape index (κ1) is 28.4. The van der Waals surface area contributed by atoms with Crippen molar-refractivity contribution in [3.8, 4) is 0 Å². The number of ketones is 1. The highest BCUT2D eigenvalue weighted by atomic mass is 35.5. The topological polar surface area (TPSA) is 67.8 Å². The van der Waals surface area contributed by atoms with E-state index >= 15 is 0 Å². The lowest BCUT2D eigenvalue weighted by Crippen LogP contribution is -2.33. The first-order chi connectivity index (χ1) is 17.0. The second-order valence-corrected chi connectivity index (χ2v) is 9.11. The summed E-state index contributed by atoms with van der Waals surface area (Å²) in [5.74, 6) is -2.45. The predicted molar refractivity (Wildman–Crippen MR) is 120 cm³/mol. The minimum atomic E-state index is -4.76. The number of benzene rings is 2. The van der Waals surface area contributed by atoms with Crippen LogP contribution in [0.2, 0.25) is 5.02 Å². The molecule has 1 aliphatic rings. The van der Waals surface area contributed by atoms with Crippen LogP contribution in [0.15, 0.2) is 35.5 Å². The normalized spacial score (nSPS) is 17.8. The zero-order valence-corrected chi connectivity index (χ0v) is 20.2. The fourth-order valence-corrected chi connectivity index (χ4v) is 4.00. The molecule has 0 spiro atoms. The fraction of sp³-hybridized carbons (Fsp3) is 0.375. The summed E-state index contributed by atoms with van der Waals surface area (Å²) in [6, 6.07) is 5.59. The quantitative estimate of drug-likeness (QED) is 0.315. The monoisotopic (exact) mass is 552 g/mol. The molecule has 200 valence electrons. The Bertz CT molecular complexity index is 1260. The molecule has 0 bridgehead atoms. The van der Waals surface area contributed by atoms with E-state index in [4.69, 9.17) is 16.4 Å². The van der Waals surface area contributed by atoms with Gasteiger partial charge in [0.15, 0.2) is 11.4 Å². The number of carbonyl (C=O) groups is 2. The van der Waals surface area contributed by atoms with Crippen LogP contribution in [-0.4, -0.2) is 30.1 Å². The molecule has 2 aromatic carbocycles. The van der Waals surface area contributed by atoms with Crippen LogP contribution in [0.5, 0.6) is 0 Å². The van der Waals surface area contributed by atoms with Gasteiger partial charge in [0.05, 0.1) is 16.3 Å². The van der Waals surface area contributed by atoms with Crippen LogP contribution in [-0.2, 0) is 21.4 Å². The summed E-state index contributed by atoms with van der Waals surface area (Å²) in [5, 5.41) is 4.88. The number of carbonyl (C=O) groups excluding carboxylic acids is 2. The van der Waals surface area contributed by atoms with Gasteiger partial charge in [0.2, 0.25) is 5.91 Å². The smallest absolute Gasteiger partial charge is 0.384 e. The lowest BCUT2D eigenvalue weighted by atomic mass is 9.87. The summed E-state index contributed by atoms with van der Waals surface area (Å²) in [6.07, 6.45) is -10.2. The Kier molecular flexibility index (Phi) is 7.92. The van der Waals surface area contributed by atoms with Gasteiger partial charge < -0.3 is 10.2 Å². The van der Waals surface area contributed by atoms with E-state index in [-0.39, 0.29) is 24.1 Å². The second kappa shape index (κ2) is 10.3. The van der Waals surface area contributed by atoms with Crippen LogP contribution >= 0.6 is 11.6 Å². The van der Waals surface area contributed by atoms with Crippen molar-refractivity contribution in [1.29, 1.82) is 0 Å². The van der Waals surface area contributed by atoms with Gasteiger partial charge in [-0.15, -0.1) is 0 Å². The van der Waals surface area contributed by atoms with Gasteiger partial charge in [-0.3, -0.25) is 9.59 Å². The fourth-order valence-electron chi connectivity index (χ4n) is 3.78. The van der Waals surface area contributed by atoms with E-state index in [2.05, 4.69) is 5.16 Å². The summed E-state index contributed by atoms with van der Waals surface area (Å²) >= 11 is 5.69. The molecule has 0 aliphatic carbocycles. The Labute approximate surface area is 211 Å². The standard InChI is InChI=1S/C24H20ClF7N2O3/c1-12-7-13(3-4-15(12)19(35)5-6-20(36)33-11-23(27,28)29)18-10-22(2,37-34-18)16-8-14(24(30,31)32)9-17(25)21(16)26/h3-4,7-9H,5-6,10-11H2,1-2H3,(H,33,36). The Morgan fingerprint density at radius 1 is 1.11 bits per heavy atom. The van der Waals surface area contributed by atoms with Crippen LogP contribution < -0.4 is 5.32 Å². The molecule has 13 heteroatoms. The molecule has 1 atom stereocenters. The largest absolute Gasteiger partial charge is 0.416 e. The molecular formula is C24H20ClF7N2O3. The molecular weight excluding hydrogens is 533 g/mol. The van der Waals surface area contributed by atoms with E-state index in [9.17, 15) is 40.3 Å². The third-order valence-electron chi connectivity index (χ3n) is 5.71. The number of alkyl halides is 6. The molecule has 2 aromatic rings. The number of nitrogens with zero attached hydrogens (tertiary/aromatic N) is 1. The molecule has 0 saturated carbocycles. The minimum absolute atomic E-state index is 0.104. The van der Waals surface area contributed by atoms with Crippen molar-refractivity contribution in [3.63, 3.8) is 0 Å². The number of halogens is 8. The summed E-state index contributed by atoms with van der Waals surface area (Å²) in [4.78, 5) is 29.4. The van der Waals surface area contributed by atoms with Crippen molar-refractivity contribution < 1.29 is 45.2 Å². The molecule has 37 heavy (non-hydrogen) atoms. The Morgan fingerprint density at radius 2 is 1.78 bits per heavy atom. The maximum atomic E-state index is 14.7. The number of amides is 1. The molecule has 0 aromatic heterocycles. The summed E-state index contributed by atoms with van der Waals surface area (Å²) in [7, 11) is 0. The van der Waals surface area contributed by atoms with Gasteiger partial charge in [-0.2, -0.15) is 26.3 Å². The Morgan fingerprint density at radius 3 is 2.38 bits per heavy atom. The van der Waals surface area contributed by atoms with Crippen molar-refractivity contribution in [3.05, 3.63) is 69.0 Å². The third kappa shape index (κ3) is 6.79. The van der Waals surface area contributed by atoms with Gasteiger partial charge in [-0.05, 0) is 43.2 Å². The van der Waals surface area contributed by atoms with Crippen LogP contribution in [0.4, 0.5) is 30.7 Å². The molecule has 0 saturated heterocycles. The number of nitrogens with one attached hydrogen (secondary N) is 1. The second-order valence-electron chi connectivity index (χ2n) is 8.70. The van der Waals surface area contributed by atoms with Crippen molar-refractivity contribution >= 4 is 29.0 Å². The summed E-state index contributed by atoms with van der Waals surface area (Å²) in [5.41, 5.74) is -1.72. The van der Waals surface area contributed by atoms with E-state index < -0.39 is 64.6 Å². The van der Waals surface area contributed by atoms with Crippen molar-refractivity contribution in [2.24, 2.45) is 5.16 Å². The number of hydrogen-bond acceptors (Lipinski definition) is 4. The highest BCUT2D eigenvalue weighted by molar-refractivity contribution is 6.30. The molecule has 1 amide bonds. The van der Waals surface area contributed by atoms with E-state index in [0.29, 0.717) is 23.3 Å². The highest BCUT2D eigenvalue weighted by Gasteiger charge is 2.42. The first-order valence-electron chi connectivity index (χ1n) is 10.8. The van der Waals surface area contributed by atoms with Crippen molar-refractivity contribution in [1.82, 2.24) is 5.32 Å². The van der Waals surface area contributed by atoms with Gasteiger partial charge in [0, 0.05) is 30.4 Å². The zero-order chi connectivity index (χ0) is 27.8. The number of oxime groups is 1. The molecule has 1 unspecified atom stereocenters. The lowest BCUT2D eigenvalue weighted by Gasteiger charge is -2.24. The first-order valence-corrected chi connectivity index (χ1v) is 11.2. The van der Waals surface area contributed by atoms with Crippen LogP contribution in [0.1, 0.15) is 58.8 Å². The van der Waals surface area contributed by atoms with Gasteiger partial charge in [-0.1, -0.05) is 28.9 Å². The maximum Gasteiger partial charge on any atom is 0.416 e. The van der Waals surface area contributed by atoms with E-state index in [0.717, 1.165) is 0 Å². The summed E-state index contributed by atoms with van der Waals surface area (Å²) < 4.78 is 90.9. The van der Waals surface area contributed by atoms with Gasteiger partial charge in [-0.25, -0.2) is 4.39 Å². The van der Waals surface area contributed by atoms with Crippen molar-refractivity contribution in [2.45, 2.75) is 51.1 Å². The number of rotatable bonds is 7. The molecule has 5 nitrogen and oxygen atoms in total. The van der Waals surface area contributed by atoms with Gasteiger partial charge in [0.1, 0.15) is 12.4 Å². The van der Waals surface area contributed by atoms with Gasteiger partial charge >= 0.3 is 12.4 Å². The van der Waals surface area contributed by atoms with Crippen molar-refractivity contribution in [2.75, 3.05) is 6.54 Å². The van der Waals surface area contributed by atoms with E-state index in [1.807, 2.05) is 0 Å². The molecule has 3 rings (SSSR count). The molecule has 0 radical (unpaired) electrons.